The van der Waals surface area contributed by atoms with Gasteiger partial charge in [-0.15, -0.1) is 24.0 Å². The topological polar surface area (TPSA) is 54.2 Å². The van der Waals surface area contributed by atoms with Gasteiger partial charge in [0.05, 0.1) is 0 Å². The van der Waals surface area contributed by atoms with Gasteiger partial charge in [-0.05, 0) is 12.8 Å². The van der Waals surface area contributed by atoms with Crippen LogP contribution in [0, 0.1) is 0 Å². The van der Waals surface area contributed by atoms with Crippen molar-refractivity contribution < 1.29 is 13.2 Å². The molecule has 126 valence electrons. The Kier molecular flexibility index (Phi) is 6.95. The molecule has 0 saturated heterocycles. The van der Waals surface area contributed by atoms with Crippen LogP contribution in [0.2, 0.25) is 0 Å². The van der Waals surface area contributed by atoms with Gasteiger partial charge in [0.1, 0.15) is 0 Å². The normalized spacial score (nSPS) is 16.5. The van der Waals surface area contributed by atoms with Crippen LogP contribution in [0.3, 0.4) is 0 Å². The maximum absolute atomic E-state index is 12.8. The molecule has 0 spiro atoms. The molecule has 1 aliphatic carbocycles. The molecule has 0 radical (unpaired) electrons. The van der Waals surface area contributed by atoms with Crippen LogP contribution in [0.5, 0.6) is 0 Å². The van der Waals surface area contributed by atoms with Gasteiger partial charge in [-0.25, -0.2) is 0 Å². The third kappa shape index (κ3) is 5.03. The van der Waals surface area contributed by atoms with E-state index in [1.165, 1.54) is 30.8 Å². The SMILES string of the molecule is CN=C(NCc1cn(C)nc1C(F)(F)F)NC1CCCC1.I. The Morgan fingerprint density at radius 1 is 1.41 bits per heavy atom. The predicted molar refractivity (Wildman–Crippen MR) is 89.2 cm³/mol. The lowest BCUT2D eigenvalue weighted by atomic mass is 10.2. The molecule has 5 nitrogen and oxygen atoms in total. The van der Waals surface area contributed by atoms with Gasteiger partial charge in [0, 0.05) is 38.4 Å². The minimum absolute atomic E-state index is 0. The van der Waals surface area contributed by atoms with E-state index in [4.69, 9.17) is 0 Å². The minimum atomic E-state index is -4.44. The summed E-state index contributed by atoms with van der Waals surface area (Å²) in [5.74, 6) is 0.527. The summed E-state index contributed by atoms with van der Waals surface area (Å²) in [6.45, 7) is 0.0368. The third-order valence-electron chi connectivity index (χ3n) is 3.54. The highest BCUT2D eigenvalue weighted by Crippen LogP contribution is 2.30. The summed E-state index contributed by atoms with van der Waals surface area (Å²) in [7, 11) is 3.09. The second-order valence-electron chi connectivity index (χ2n) is 5.23. The molecule has 0 aromatic carbocycles. The molecule has 0 bridgehead atoms. The van der Waals surface area contributed by atoms with Crippen LogP contribution >= 0.6 is 24.0 Å². The summed E-state index contributed by atoms with van der Waals surface area (Å²) in [6, 6.07) is 0.354. The van der Waals surface area contributed by atoms with Crippen molar-refractivity contribution in [3.05, 3.63) is 17.5 Å². The summed E-state index contributed by atoms with van der Waals surface area (Å²) >= 11 is 0. The molecular formula is C13H21F3IN5. The molecule has 2 N–H and O–H groups in total. The van der Waals surface area contributed by atoms with E-state index in [0.717, 1.165) is 12.8 Å². The largest absolute Gasteiger partial charge is 0.435 e. The number of hydrogen-bond acceptors (Lipinski definition) is 2. The molecule has 1 fully saturated rings. The number of hydrogen-bond donors (Lipinski definition) is 2. The Labute approximate surface area is 144 Å². The summed E-state index contributed by atoms with van der Waals surface area (Å²) < 4.78 is 39.7. The molecule has 0 atom stereocenters. The molecule has 22 heavy (non-hydrogen) atoms. The van der Waals surface area contributed by atoms with Crippen molar-refractivity contribution >= 4 is 29.9 Å². The fourth-order valence-electron chi connectivity index (χ4n) is 2.54. The van der Waals surface area contributed by atoms with Crippen molar-refractivity contribution in [1.29, 1.82) is 0 Å². The molecule has 9 heteroatoms. The van der Waals surface area contributed by atoms with Gasteiger partial charge in [-0.1, -0.05) is 12.8 Å². The van der Waals surface area contributed by atoms with Crippen LogP contribution in [0.15, 0.2) is 11.2 Å². The van der Waals surface area contributed by atoms with E-state index in [2.05, 4.69) is 20.7 Å². The zero-order chi connectivity index (χ0) is 15.5. The van der Waals surface area contributed by atoms with Crippen LogP contribution in [0.25, 0.3) is 0 Å². The quantitative estimate of drug-likeness (QED) is 0.440. The monoisotopic (exact) mass is 431 g/mol. The van der Waals surface area contributed by atoms with Gasteiger partial charge >= 0.3 is 6.18 Å². The van der Waals surface area contributed by atoms with Gasteiger partial charge in [0.15, 0.2) is 11.7 Å². The number of aryl methyl sites for hydroxylation is 1. The van der Waals surface area contributed by atoms with E-state index in [1.807, 2.05) is 0 Å². The molecule has 1 saturated carbocycles. The Hall–Kier alpha value is -1.00. The number of aliphatic imine (C=N–C) groups is 1. The maximum atomic E-state index is 12.8. The molecule has 2 rings (SSSR count). The first-order valence-electron chi connectivity index (χ1n) is 6.97. The Balaban J connectivity index is 0.00000242. The van der Waals surface area contributed by atoms with E-state index >= 15 is 0 Å². The van der Waals surface area contributed by atoms with E-state index in [-0.39, 0.29) is 36.1 Å². The Morgan fingerprint density at radius 3 is 2.59 bits per heavy atom. The summed E-state index contributed by atoms with van der Waals surface area (Å²) in [4.78, 5) is 4.05. The van der Waals surface area contributed by atoms with Crippen LogP contribution in [0.1, 0.15) is 36.9 Å². The first-order valence-corrected chi connectivity index (χ1v) is 6.97. The molecule has 1 heterocycles. The van der Waals surface area contributed by atoms with Crippen LogP contribution in [-0.4, -0.2) is 28.8 Å². The summed E-state index contributed by atoms with van der Waals surface area (Å²) in [5.41, 5.74) is -0.742. The van der Waals surface area contributed by atoms with Crippen molar-refractivity contribution in [3.63, 3.8) is 0 Å². The molecule has 1 aliphatic rings. The lowest BCUT2D eigenvalue weighted by Gasteiger charge is -2.17. The number of rotatable bonds is 3. The molecule has 1 aromatic rings. The van der Waals surface area contributed by atoms with E-state index in [9.17, 15) is 13.2 Å². The molecular weight excluding hydrogens is 410 g/mol. The molecule has 1 aromatic heterocycles. The lowest BCUT2D eigenvalue weighted by molar-refractivity contribution is -0.142. The van der Waals surface area contributed by atoms with Gasteiger partial charge in [0.2, 0.25) is 0 Å². The fourth-order valence-corrected chi connectivity index (χ4v) is 2.54. The smallest absolute Gasteiger partial charge is 0.354 e. The number of nitrogens with zero attached hydrogens (tertiary/aromatic N) is 3. The zero-order valence-electron chi connectivity index (χ0n) is 12.6. The summed E-state index contributed by atoms with van der Waals surface area (Å²) in [6.07, 6.45) is 1.42. The maximum Gasteiger partial charge on any atom is 0.435 e. The average Bonchev–Trinajstić information content (AvgIpc) is 3.03. The number of guanidine groups is 1. The van der Waals surface area contributed by atoms with Gasteiger partial charge < -0.3 is 10.6 Å². The summed E-state index contributed by atoms with van der Waals surface area (Å²) in [5, 5.41) is 9.64. The van der Waals surface area contributed by atoms with Crippen molar-refractivity contribution in [2.45, 2.75) is 44.4 Å². The number of alkyl halides is 3. The number of nitrogens with one attached hydrogen (secondary N) is 2. The second-order valence-corrected chi connectivity index (χ2v) is 5.23. The van der Waals surface area contributed by atoms with E-state index in [1.54, 1.807) is 7.05 Å². The van der Waals surface area contributed by atoms with Crippen molar-refractivity contribution in [2.75, 3.05) is 7.05 Å². The second kappa shape index (κ2) is 8.02. The predicted octanol–water partition coefficient (Wildman–Crippen LogP) is 2.66. The molecule has 0 aliphatic heterocycles. The first kappa shape index (κ1) is 19.0. The van der Waals surface area contributed by atoms with Gasteiger partial charge in [-0.2, -0.15) is 18.3 Å². The fraction of sp³-hybridized carbons (Fsp3) is 0.692. The highest BCUT2D eigenvalue weighted by atomic mass is 127. The van der Waals surface area contributed by atoms with Gasteiger partial charge in [-0.3, -0.25) is 9.67 Å². The average molecular weight is 431 g/mol. The standard InChI is InChI=1S/C13H20F3N5.HI/c1-17-12(19-10-5-3-4-6-10)18-7-9-8-21(2)20-11(9)13(14,15)16;/h8,10H,3-7H2,1-2H3,(H2,17,18,19);1H. The van der Waals surface area contributed by atoms with E-state index < -0.39 is 11.9 Å². The Morgan fingerprint density at radius 2 is 2.05 bits per heavy atom. The zero-order valence-corrected chi connectivity index (χ0v) is 14.9. The highest BCUT2D eigenvalue weighted by Gasteiger charge is 2.36. The lowest BCUT2D eigenvalue weighted by Crippen LogP contribution is -2.42. The minimum Gasteiger partial charge on any atom is -0.354 e. The van der Waals surface area contributed by atoms with Crippen molar-refractivity contribution in [2.24, 2.45) is 12.0 Å². The highest BCUT2D eigenvalue weighted by molar-refractivity contribution is 14.0. The first-order chi connectivity index (χ1) is 9.90. The third-order valence-corrected chi connectivity index (χ3v) is 3.54. The van der Waals surface area contributed by atoms with Crippen LogP contribution in [-0.2, 0) is 19.8 Å². The van der Waals surface area contributed by atoms with Crippen LogP contribution < -0.4 is 10.6 Å². The van der Waals surface area contributed by atoms with Crippen molar-refractivity contribution in [1.82, 2.24) is 20.4 Å². The molecule has 0 amide bonds. The number of aromatic nitrogens is 2. The number of halogens is 4. The molecule has 0 unspecified atom stereocenters. The van der Waals surface area contributed by atoms with Gasteiger partial charge in [0.25, 0.3) is 0 Å². The van der Waals surface area contributed by atoms with E-state index in [0.29, 0.717) is 12.0 Å². The van der Waals surface area contributed by atoms with Crippen molar-refractivity contribution in [3.8, 4) is 0 Å². The van der Waals surface area contributed by atoms with Crippen LogP contribution in [0.4, 0.5) is 13.2 Å². The Bertz CT molecular complexity index is 506.